The van der Waals surface area contributed by atoms with Crippen molar-refractivity contribution in [1.29, 1.82) is 0 Å². The first kappa shape index (κ1) is 1.57. The van der Waals surface area contributed by atoms with Gasteiger partial charge in [0.2, 0.25) is 0 Å². The zero-order chi connectivity index (χ0) is 14.5. The fraction of sp³-hybridized carbons (Fsp3) is 0.250. The predicted molar refractivity (Wildman–Crippen MR) is 40.9 cm³/mol. The van der Waals surface area contributed by atoms with Crippen LogP contribution in [0, 0.1) is 0 Å². The zero-order valence-corrected chi connectivity index (χ0v) is 5.13. The number of rotatable bonds is 2. The molecule has 0 unspecified atom stereocenters. The van der Waals surface area contributed by atoms with Gasteiger partial charge in [0.05, 0.1) is 6.85 Å². The van der Waals surface area contributed by atoms with Crippen LogP contribution in [0.2, 0.25) is 0 Å². The van der Waals surface area contributed by atoms with Crippen molar-refractivity contribution in [3.63, 3.8) is 0 Å². The number of hydrogen-bond acceptors (Lipinski definition) is 0. The van der Waals surface area contributed by atoms with Crippen LogP contribution in [0.15, 0.2) is 30.2 Å². The highest BCUT2D eigenvalue weighted by atomic mass is 35.5. The molecule has 1 aromatic rings. The van der Waals surface area contributed by atoms with Gasteiger partial charge in [0, 0.05) is 11.3 Å². The second-order valence-electron chi connectivity index (χ2n) is 1.22. The molecular formula is C8H9Cl. The molecule has 0 N–H and O–H groups in total. The van der Waals surface area contributed by atoms with E-state index in [0.717, 1.165) is 0 Å². The van der Waals surface area contributed by atoms with Gasteiger partial charge in [0.1, 0.15) is 0 Å². The molecule has 0 saturated carbocycles. The Kier molecular flexibility index (Phi) is 0.612. The maximum atomic E-state index is 7.56. The van der Waals surface area contributed by atoms with E-state index in [0.29, 0.717) is 0 Å². The summed E-state index contributed by atoms with van der Waals surface area (Å²) >= 11 is 5.27. The highest BCUT2D eigenvalue weighted by molar-refractivity contribution is 6.17. The van der Waals surface area contributed by atoms with Crippen LogP contribution in [0.5, 0.6) is 0 Å². The first-order chi connectivity index (χ1) is 7.93. The van der Waals surface area contributed by atoms with Gasteiger partial charge < -0.3 is 0 Å². The zero-order valence-electron chi connectivity index (χ0n) is 13.4. The van der Waals surface area contributed by atoms with Gasteiger partial charge >= 0.3 is 0 Å². The molecule has 0 aliphatic carbocycles. The van der Waals surface area contributed by atoms with Gasteiger partial charge in [0.25, 0.3) is 0 Å². The normalized spacial score (nSPS) is 27.0. The van der Waals surface area contributed by atoms with Crippen molar-refractivity contribution in [2.75, 3.05) is 5.83 Å². The van der Waals surface area contributed by atoms with Crippen molar-refractivity contribution in [3.05, 3.63) is 35.8 Å². The number of hydrogen-bond donors (Lipinski definition) is 0. The Balaban J connectivity index is 3.72. The molecule has 0 radical (unpaired) electrons. The van der Waals surface area contributed by atoms with Gasteiger partial charge in [-0.15, -0.1) is 11.6 Å². The summed E-state index contributed by atoms with van der Waals surface area (Å²) in [6, 6.07) is -3.71. The fourth-order valence-corrected chi connectivity index (χ4v) is 0.454. The van der Waals surface area contributed by atoms with Crippen LogP contribution in [0.1, 0.15) is 17.9 Å². The Hall–Kier alpha value is -0.490. The maximum absolute atomic E-state index is 7.56. The van der Waals surface area contributed by atoms with E-state index in [4.69, 9.17) is 23.9 Å². The van der Waals surface area contributed by atoms with Crippen LogP contribution >= 0.6 is 11.6 Å². The summed E-state index contributed by atoms with van der Waals surface area (Å²) in [6.07, 6.45) is -2.91. The fourth-order valence-electron chi connectivity index (χ4n) is 0.360. The molecule has 0 aromatic heterocycles. The lowest BCUT2D eigenvalue weighted by molar-refractivity contribution is 1.15. The van der Waals surface area contributed by atoms with E-state index in [1.54, 1.807) is 0 Å². The Morgan fingerprint density at radius 3 is 2.67 bits per heavy atom. The Bertz CT molecular complexity index is 461. The standard InChI is InChI=1S/C8H9Cl/c9-7-6-8-4-2-1-3-5-8/h1-5H,6-7H2/i1D,2D,3D,4D,5D,6D2,7D2. The van der Waals surface area contributed by atoms with Crippen LogP contribution in [-0.4, -0.2) is 5.83 Å². The van der Waals surface area contributed by atoms with E-state index in [9.17, 15) is 0 Å². The number of alkyl halides is 1. The summed E-state index contributed by atoms with van der Waals surface area (Å²) in [5.41, 5.74) is -0.784. The quantitative estimate of drug-likeness (QED) is 0.567. The first-order valence-electron chi connectivity index (χ1n) is 6.69. The molecule has 48 valence electrons. The van der Waals surface area contributed by atoms with Crippen LogP contribution in [0.3, 0.4) is 0 Å². The van der Waals surface area contributed by atoms with Crippen molar-refractivity contribution in [2.24, 2.45) is 0 Å². The number of benzene rings is 1. The molecule has 0 aliphatic rings. The average Bonchev–Trinajstić information content (AvgIpc) is 2.22. The second-order valence-corrected chi connectivity index (χ2v) is 1.41. The summed E-state index contributed by atoms with van der Waals surface area (Å²) in [6.45, 7) is 0. The molecule has 9 heavy (non-hydrogen) atoms. The number of halogens is 1. The molecule has 0 heterocycles. The molecule has 0 aliphatic heterocycles. The lowest BCUT2D eigenvalue weighted by Crippen LogP contribution is -1.82. The summed E-state index contributed by atoms with van der Waals surface area (Å²) < 4.78 is 66.7. The van der Waals surface area contributed by atoms with E-state index < -0.39 is 48.0 Å². The second kappa shape index (κ2) is 3.52. The van der Waals surface area contributed by atoms with Gasteiger partial charge in [-0.1, -0.05) is 30.2 Å². The van der Waals surface area contributed by atoms with Gasteiger partial charge in [-0.25, -0.2) is 0 Å². The van der Waals surface area contributed by atoms with Crippen molar-refractivity contribution < 1.29 is 12.3 Å². The molecule has 0 saturated heterocycles. The molecule has 0 fully saturated rings. The smallest absolute Gasteiger partial charge is 0.0626 e. The predicted octanol–water partition coefficient (Wildman–Crippen LogP) is 2.47. The van der Waals surface area contributed by atoms with E-state index in [1.807, 2.05) is 0 Å². The molecule has 1 heteroatoms. The van der Waals surface area contributed by atoms with Crippen molar-refractivity contribution in [2.45, 2.75) is 6.37 Å². The maximum Gasteiger partial charge on any atom is 0.0626 e. The highest BCUT2D eigenvalue weighted by Crippen LogP contribution is 1.99. The summed E-state index contributed by atoms with van der Waals surface area (Å²) in [5, 5.41) is 0. The lowest BCUT2D eigenvalue weighted by atomic mass is 10.2. The van der Waals surface area contributed by atoms with E-state index in [1.165, 1.54) is 0 Å². The Morgan fingerprint density at radius 2 is 2.11 bits per heavy atom. The SMILES string of the molecule is [2H]c1c([2H])c([2H])c(C([2H])([2H])C([2H])([2H])Cl)c([2H])c1[2H]. The monoisotopic (exact) mass is 149 g/mol. The van der Waals surface area contributed by atoms with E-state index >= 15 is 0 Å². The minimum absolute atomic E-state index is 0.667. The Labute approximate surface area is 73.1 Å². The van der Waals surface area contributed by atoms with Gasteiger partial charge in [-0.05, 0) is 11.9 Å². The van der Waals surface area contributed by atoms with E-state index in [-0.39, 0.29) is 0 Å². The largest absolute Gasteiger partial charge is 0.126 e. The average molecular weight is 150 g/mol. The van der Waals surface area contributed by atoms with Crippen LogP contribution < -0.4 is 0 Å². The molecule has 0 nitrogen and oxygen atoms in total. The third-order valence-electron chi connectivity index (χ3n) is 0.672. The minimum Gasteiger partial charge on any atom is -0.126 e. The highest BCUT2D eigenvalue weighted by Gasteiger charge is 1.85. The molecule has 0 spiro atoms. The summed E-state index contributed by atoms with van der Waals surface area (Å²) in [7, 11) is 0. The van der Waals surface area contributed by atoms with E-state index in [2.05, 4.69) is 0 Å². The molecule has 0 bridgehead atoms. The summed E-state index contributed by atoms with van der Waals surface area (Å²) in [5.74, 6) is -2.90. The first-order valence-corrected chi connectivity index (χ1v) is 2.57. The third kappa shape index (κ3) is 2.06. The summed E-state index contributed by atoms with van der Waals surface area (Å²) in [4.78, 5) is 0. The van der Waals surface area contributed by atoms with Crippen LogP contribution in [-0.2, 0) is 6.37 Å². The molecule has 0 amide bonds. The Morgan fingerprint density at radius 1 is 1.44 bits per heavy atom. The van der Waals surface area contributed by atoms with Crippen LogP contribution in [0.4, 0.5) is 0 Å². The van der Waals surface area contributed by atoms with Gasteiger partial charge in [0.15, 0.2) is 0 Å². The topological polar surface area (TPSA) is 0 Å². The minimum atomic E-state index is -2.91. The molecule has 1 aromatic carbocycles. The molecule has 0 atom stereocenters. The van der Waals surface area contributed by atoms with Crippen molar-refractivity contribution >= 4 is 11.6 Å². The molecule has 1 rings (SSSR count). The molecular weight excluding hydrogens is 132 g/mol. The van der Waals surface area contributed by atoms with Crippen LogP contribution in [0.25, 0.3) is 0 Å². The van der Waals surface area contributed by atoms with Gasteiger partial charge in [-0.2, -0.15) is 0 Å². The van der Waals surface area contributed by atoms with Crippen molar-refractivity contribution in [3.8, 4) is 0 Å². The van der Waals surface area contributed by atoms with Gasteiger partial charge in [-0.3, -0.25) is 0 Å². The third-order valence-corrected chi connectivity index (χ3v) is 0.767. The lowest BCUT2D eigenvalue weighted by Gasteiger charge is -1.92. The van der Waals surface area contributed by atoms with Crippen molar-refractivity contribution in [1.82, 2.24) is 0 Å².